The van der Waals surface area contributed by atoms with Gasteiger partial charge in [-0.1, -0.05) is 55.1 Å². The monoisotopic (exact) mass is 301 g/mol. The number of nitrogens with zero attached hydrogens (tertiary/aromatic N) is 1. The van der Waals surface area contributed by atoms with E-state index in [9.17, 15) is 9.59 Å². The first-order valence-corrected chi connectivity index (χ1v) is 6.96. The summed E-state index contributed by atoms with van der Waals surface area (Å²) in [5, 5.41) is 3.96. The van der Waals surface area contributed by atoms with Crippen LogP contribution in [0.3, 0.4) is 0 Å². The van der Waals surface area contributed by atoms with Crippen LogP contribution in [-0.2, 0) is 4.74 Å². The van der Waals surface area contributed by atoms with Crippen molar-refractivity contribution in [3.05, 3.63) is 60.7 Å². The third-order valence-corrected chi connectivity index (χ3v) is 3.32. The number of hydrogen-bond acceptors (Lipinski definition) is 5. The van der Waals surface area contributed by atoms with Crippen molar-refractivity contribution in [2.75, 3.05) is 13.2 Å². The fraction of sp³-hybridized carbons (Fsp3) is 0.250. The van der Waals surface area contributed by atoms with Crippen molar-refractivity contribution < 1.29 is 14.3 Å². The summed E-state index contributed by atoms with van der Waals surface area (Å²) in [6, 6.07) is 7.50. The number of ether oxygens (including phenoxy) is 1. The van der Waals surface area contributed by atoms with Crippen LogP contribution < -0.4 is 11.2 Å². The highest BCUT2D eigenvalue weighted by Crippen LogP contribution is 2.14. The van der Waals surface area contributed by atoms with Gasteiger partial charge < -0.3 is 10.1 Å². The minimum absolute atomic E-state index is 0.0344. The maximum absolute atomic E-state index is 12.7. The van der Waals surface area contributed by atoms with Crippen molar-refractivity contribution >= 4 is 11.9 Å². The van der Waals surface area contributed by atoms with E-state index in [1.165, 1.54) is 6.08 Å². The van der Waals surface area contributed by atoms with E-state index in [0.717, 1.165) is 5.01 Å². The van der Waals surface area contributed by atoms with Crippen LogP contribution >= 0.6 is 0 Å². The quantitative estimate of drug-likeness (QED) is 0.272. The Balaban J connectivity index is 2.22. The van der Waals surface area contributed by atoms with E-state index in [1.807, 2.05) is 18.2 Å². The standard InChI is InChI=1S/C16H19N3O3/c1-2-11-22-16(21)19(17)14(13-9-6-10-18-13)15(20)12-7-4-3-5-8-12/h2-9,13-14,18H,1,10-11,17H2/t13?,14-/m0/s1. The lowest BCUT2D eigenvalue weighted by Crippen LogP contribution is -2.57. The number of carbonyl (C=O) groups is 2. The first-order chi connectivity index (χ1) is 10.6. The van der Waals surface area contributed by atoms with Crippen LogP contribution in [-0.4, -0.2) is 42.1 Å². The zero-order valence-corrected chi connectivity index (χ0v) is 12.1. The van der Waals surface area contributed by atoms with E-state index in [1.54, 1.807) is 24.3 Å². The normalized spacial score (nSPS) is 17.8. The predicted molar refractivity (Wildman–Crippen MR) is 83.1 cm³/mol. The van der Waals surface area contributed by atoms with Gasteiger partial charge in [-0.2, -0.15) is 0 Å². The molecule has 1 aliphatic rings. The molecule has 0 radical (unpaired) electrons. The lowest BCUT2D eigenvalue weighted by Gasteiger charge is -2.29. The Kier molecular flexibility index (Phi) is 5.46. The number of nitrogens with one attached hydrogen (secondary N) is 1. The summed E-state index contributed by atoms with van der Waals surface area (Å²) in [4.78, 5) is 24.7. The number of amides is 1. The van der Waals surface area contributed by atoms with Crippen LogP contribution in [0.5, 0.6) is 0 Å². The van der Waals surface area contributed by atoms with Gasteiger partial charge in [0, 0.05) is 12.1 Å². The molecule has 2 rings (SSSR count). The second kappa shape index (κ2) is 7.53. The summed E-state index contributed by atoms with van der Waals surface area (Å²) in [5.41, 5.74) is 0.488. The number of carbonyl (C=O) groups excluding carboxylic acids is 2. The van der Waals surface area contributed by atoms with Gasteiger partial charge in [0.05, 0.1) is 6.04 Å². The lowest BCUT2D eigenvalue weighted by atomic mass is 9.98. The molecule has 1 aromatic carbocycles. The molecule has 3 N–H and O–H groups in total. The molecule has 0 aliphatic carbocycles. The van der Waals surface area contributed by atoms with Gasteiger partial charge in [-0.3, -0.25) is 4.79 Å². The highest BCUT2D eigenvalue weighted by molar-refractivity contribution is 6.02. The molecule has 2 atom stereocenters. The molecule has 0 spiro atoms. The predicted octanol–water partition coefficient (Wildman–Crippen LogP) is 1.26. The second-order valence-corrected chi connectivity index (χ2v) is 4.81. The molecule has 0 bridgehead atoms. The molecule has 0 saturated carbocycles. The van der Waals surface area contributed by atoms with Gasteiger partial charge in [0.1, 0.15) is 12.6 Å². The largest absolute Gasteiger partial charge is 0.444 e. The molecule has 0 saturated heterocycles. The Morgan fingerprint density at radius 3 is 2.77 bits per heavy atom. The lowest BCUT2D eigenvalue weighted by molar-refractivity contribution is 0.0678. The van der Waals surface area contributed by atoms with Crippen molar-refractivity contribution in [3.63, 3.8) is 0 Å². The van der Waals surface area contributed by atoms with Crippen molar-refractivity contribution in [1.29, 1.82) is 0 Å². The van der Waals surface area contributed by atoms with Gasteiger partial charge >= 0.3 is 6.09 Å². The van der Waals surface area contributed by atoms with E-state index in [-0.39, 0.29) is 18.4 Å². The fourth-order valence-electron chi connectivity index (χ4n) is 2.26. The van der Waals surface area contributed by atoms with Gasteiger partial charge in [-0.15, -0.1) is 0 Å². The number of rotatable bonds is 6. The number of hydrogen-bond donors (Lipinski definition) is 2. The Morgan fingerprint density at radius 1 is 1.45 bits per heavy atom. The Labute approximate surface area is 129 Å². The first-order valence-electron chi connectivity index (χ1n) is 6.96. The zero-order valence-electron chi connectivity index (χ0n) is 12.1. The molecule has 0 aromatic heterocycles. The average Bonchev–Trinajstić information content (AvgIpc) is 3.07. The Hall–Kier alpha value is -2.44. The van der Waals surface area contributed by atoms with Crippen LogP contribution in [0.4, 0.5) is 4.79 Å². The highest BCUT2D eigenvalue weighted by atomic mass is 16.6. The van der Waals surface area contributed by atoms with Gasteiger partial charge in [0.2, 0.25) is 0 Å². The summed E-state index contributed by atoms with van der Waals surface area (Å²) in [6.07, 6.45) is 4.38. The van der Waals surface area contributed by atoms with Gasteiger partial charge in [-0.25, -0.2) is 15.6 Å². The molecule has 1 amide bonds. The summed E-state index contributed by atoms with van der Waals surface area (Å²) >= 11 is 0. The molecule has 6 heteroatoms. The SMILES string of the molecule is C=CCOC(=O)N(N)[C@H](C(=O)c1ccccc1)C1C=CCN1. The topological polar surface area (TPSA) is 84.7 Å². The highest BCUT2D eigenvalue weighted by Gasteiger charge is 2.36. The molecule has 1 heterocycles. The van der Waals surface area contributed by atoms with Crippen LogP contribution in [0.2, 0.25) is 0 Å². The molecule has 1 aromatic rings. The molecule has 1 unspecified atom stereocenters. The van der Waals surface area contributed by atoms with Crippen molar-refractivity contribution in [1.82, 2.24) is 10.3 Å². The van der Waals surface area contributed by atoms with Crippen molar-refractivity contribution in [2.24, 2.45) is 5.84 Å². The first kappa shape index (κ1) is 15.9. The molecule has 22 heavy (non-hydrogen) atoms. The third kappa shape index (κ3) is 3.60. The Morgan fingerprint density at radius 2 is 2.18 bits per heavy atom. The molecule has 1 aliphatic heterocycles. The smallest absolute Gasteiger partial charge is 0.425 e. The van der Waals surface area contributed by atoms with E-state index in [4.69, 9.17) is 10.6 Å². The fourth-order valence-corrected chi connectivity index (χ4v) is 2.26. The minimum Gasteiger partial charge on any atom is -0.444 e. The summed E-state index contributed by atoms with van der Waals surface area (Å²) in [6.45, 7) is 4.13. The van der Waals surface area contributed by atoms with E-state index in [2.05, 4.69) is 11.9 Å². The number of Topliss-reactive ketones (excluding diaryl/α,β-unsaturated/α-hetero) is 1. The summed E-state index contributed by atoms with van der Waals surface area (Å²) in [5.74, 6) is 5.60. The van der Waals surface area contributed by atoms with Crippen LogP contribution in [0.25, 0.3) is 0 Å². The minimum atomic E-state index is -0.876. The third-order valence-electron chi connectivity index (χ3n) is 3.32. The average molecular weight is 301 g/mol. The molecule has 0 fully saturated rings. The van der Waals surface area contributed by atoms with Crippen molar-refractivity contribution in [2.45, 2.75) is 12.1 Å². The van der Waals surface area contributed by atoms with Crippen molar-refractivity contribution in [3.8, 4) is 0 Å². The summed E-state index contributed by atoms with van der Waals surface area (Å²) in [7, 11) is 0. The molecular formula is C16H19N3O3. The van der Waals surface area contributed by atoms with Gasteiger partial charge in [0.25, 0.3) is 0 Å². The molecular weight excluding hydrogens is 282 g/mol. The zero-order chi connectivity index (χ0) is 15.9. The number of hydrazine groups is 1. The maximum Gasteiger partial charge on any atom is 0.425 e. The maximum atomic E-state index is 12.7. The summed E-state index contributed by atoms with van der Waals surface area (Å²) < 4.78 is 4.92. The number of benzene rings is 1. The van der Waals surface area contributed by atoms with Crippen LogP contribution in [0, 0.1) is 0 Å². The van der Waals surface area contributed by atoms with E-state index in [0.29, 0.717) is 12.1 Å². The molecule has 116 valence electrons. The van der Waals surface area contributed by atoms with E-state index >= 15 is 0 Å². The second-order valence-electron chi connectivity index (χ2n) is 4.81. The van der Waals surface area contributed by atoms with Crippen LogP contribution in [0.15, 0.2) is 55.1 Å². The van der Waals surface area contributed by atoms with Gasteiger partial charge in [-0.05, 0) is 0 Å². The van der Waals surface area contributed by atoms with Gasteiger partial charge in [0.15, 0.2) is 5.78 Å². The number of nitrogens with two attached hydrogens (primary N) is 1. The van der Waals surface area contributed by atoms with Crippen LogP contribution in [0.1, 0.15) is 10.4 Å². The Bertz CT molecular complexity index is 571. The number of ketones is 1. The van der Waals surface area contributed by atoms with E-state index < -0.39 is 12.1 Å². The molecule has 6 nitrogen and oxygen atoms in total.